The molecule has 2 nitrogen and oxygen atoms in total. The van der Waals surface area contributed by atoms with E-state index in [-0.39, 0.29) is 9.49 Å². The van der Waals surface area contributed by atoms with Gasteiger partial charge in [-0.25, -0.2) is 9.98 Å². The Balaban J connectivity index is 1.06. The van der Waals surface area contributed by atoms with Gasteiger partial charge >= 0.3 is 0 Å². The molecule has 4 aromatic carbocycles. The molecule has 0 spiro atoms. The van der Waals surface area contributed by atoms with E-state index in [2.05, 4.69) is 221 Å². The van der Waals surface area contributed by atoms with E-state index >= 15 is 0 Å². The van der Waals surface area contributed by atoms with Crippen molar-refractivity contribution in [2.45, 2.75) is 75.7 Å². The zero-order chi connectivity index (χ0) is 48.3. The van der Waals surface area contributed by atoms with Crippen molar-refractivity contribution in [1.82, 2.24) is 0 Å². The van der Waals surface area contributed by atoms with E-state index in [9.17, 15) is 0 Å². The van der Waals surface area contributed by atoms with Crippen molar-refractivity contribution in [1.29, 1.82) is 0 Å². The zero-order valence-electron chi connectivity index (χ0n) is 40.9. The van der Waals surface area contributed by atoms with Gasteiger partial charge in [-0.3, -0.25) is 0 Å². The average Bonchev–Trinajstić information content (AvgIpc) is 4.27. The van der Waals surface area contributed by atoms with Crippen molar-refractivity contribution >= 4 is 91.1 Å². The molecule has 0 saturated heterocycles. The highest BCUT2D eigenvalue weighted by atomic mass is 32.2. The highest BCUT2D eigenvalue weighted by molar-refractivity contribution is 8.09. The second-order valence-corrected chi connectivity index (χ2v) is 25.7. The van der Waals surface area contributed by atoms with E-state index in [0.29, 0.717) is 0 Å². The molecule has 5 aliphatic heterocycles. The fraction of sp³-hybridized carbons (Fsp3) is 0.182. The fourth-order valence-electron chi connectivity index (χ4n) is 12.7. The number of rotatable bonds is 4. The molecule has 0 amide bonds. The minimum Gasteiger partial charge on any atom is -0.248 e. The van der Waals surface area contributed by atoms with Crippen molar-refractivity contribution in [2.75, 3.05) is 0 Å². The zero-order valence-corrected chi connectivity index (χ0v) is 44.2. The molecule has 0 fully saturated rings. The summed E-state index contributed by atoms with van der Waals surface area (Å²) in [6.07, 6.45) is 21.0. The summed E-state index contributed by atoms with van der Waals surface area (Å²) in [5, 5.41) is 0. The molecule has 12 bridgehead atoms. The number of benzene rings is 4. The van der Waals surface area contributed by atoms with Gasteiger partial charge in [0, 0.05) is 51.6 Å². The SMILES string of the molecule is Cc1sc2cc1C1=C(CCC1)c1cc(sc1C)C(c1ccccc1)=C1C=CC(=N1)C(c1ccccc1)=C1C=C3C4=C(CCC4)C4=CC(=C(c5ccccc5)C5=NC(=C2c2ccccc2)C=C5)SC4(C)C3(C)S1. The van der Waals surface area contributed by atoms with Crippen LogP contribution in [-0.4, -0.2) is 20.9 Å². The Labute approximate surface area is 439 Å². The summed E-state index contributed by atoms with van der Waals surface area (Å²) < 4.78 is -0.495. The minimum absolute atomic E-state index is 0.248. The van der Waals surface area contributed by atoms with E-state index in [1.54, 1.807) is 11.1 Å². The molecule has 2 aromatic heterocycles. The van der Waals surface area contributed by atoms with Gasteiger partial charge in [-0.2, -0.15) is 0 Å². The molecule has 0 saturated carbocycles. The topological polar surface area (TPSA) is 24.7 Å². The van der Waals surface area contributed by atoms with Gasteiger partial charge in [-0.1, -0.05) is 121 Å². The van der Waals surface area contributed by atoms with E-state index < -0.39 is 0 Å². The smallest absolute Gasteiger partial charge is 0.0730 e. The van der Waals surface area contributed by atoms with Crippen molar-refractivity contribution < 1.29 is 0 Å². The maximum atomic E-state index is 5.74. The van der Waals surface area contributed by atoms with Crippen LogP contribution in [-0.2, 0) is 0 Å². The molecule has 6 aromatic rings. The van der Waals surface area contributed by atoms with Crippen molar-refractivity contribution in [3.8, 4) is 0 Å². The summed E-state index contributed by atoms with van der Waals surface area (Å²) in [6.45, 7) is 9.75. The molecule has 2 unspecified atom stereocenters. The summed E-state index contributed by atoms with van der Waals surface area (Å²) in [5.41, 5.74) is 25.5. The molecule has 0 N–H and O–H groups in total. The lowest BCUT2D eigenvalue weighted by molar-refractivity contribution is 0.599. The van der Waals surface area contributed by atoms with E-state index in [1.165, 1.54) is 114 Å². The van der Waals surface area contributed by atoms with Crippen LogP contribution in [0.1, 0.15) is 105 Å². The van der Waals surface area contributed by atoms with Crippen LogP contribution in [0, 0.1) is 13.8 Å². The monoisotopic (exact) mass is 1000 g/mol. The molecule has 8 aliphatic rings. The number of hydrogen-bond donors (Lipinski definition) is 0. The van der Waals surface area contributed by atoms with Crippen LogP contribution in [0.3, 0.4) is 0 Å². The summed E-state index contributed by atoms with van der Waals surface area (Å²) in [6, 6.07) is 49.1. The average molecular weight is 1000 g/mol. The third-order valence-electron chi connectivity index (χ3n) is 16.2. The first kappa shape index (κ1) is 44.4. The molecule has 3 aliphatic carbocycles. The maximum Gasteiger partial charge on any atom is 0.0730 e. The van der Waals surface area contributed by atoms with Crippen molar-refractivity contribution in [3.63, 3.8) is 0 Å². The summed E-state index contributed by atoms with van der Waals surface area (Å²) in [4.78, 5) is 19.3. The second-order valence-electron chi connectivity index (χ2n) is 20.3. The second kappa shape index (κ2) is 17.2. The van der Waals surface area contributed by atoms with Crippen LogP contribution >= 0.6 is 46.2 Å². The first-order valence-electron chi connectivity index (χ1n) is 25.5. The van der Waals surface area contributed by atoms with Crippen LogP contribution in [0.5, 0.6) is 0 Å². The van der Waals surface area contributed by atoms with Gasteiger partial charge in [0.1, 0.15) is 0 Å². The number of thioether (sulfide) groups is 2. The number of hydrogen-bond acceptors (Lipinski definition) is 6. The molecule has 14 rings (SSSR count). The minimum atomic E-state index is -0.248. The van der Waals surface area contributed by atoms with Crippen LogP contribution in [0.4, 0.5) is 0 Å². The number of allylic oxidation sites excluding steroid dienone is 12. The molecule has 72 heavy (non-hydrogen) atoms. The molecule has 0 radical (unpaired) electrons. The number of thiophene rings is 2. The lowest BCUT2D eigenvalue weighted by Gasteiger charge is -2.48. The van der Waals surface area contributed by atoms with Crippen LogP contribution in [0.25, 0.3) is 33.4 Å². The van der Waals surface area contributed by atoms with Gasteiger partial charge in [0.15, 0.2) is 0 Å². The first-order chi connectivity index (χ1) is 35.2. The van der Waals surface area contributed by atoms with E-state index in [4.69, 9.17) is 9.98 Å². The van der Waals surface area contributed by atoms with Gasteiger partial charge < -0.3 is 0 Å². The molecule has 350 valence electrons. The third-order valence-corrected chi connectivity index (χ3v) is 21.7. The lowest BCUT2D eigenvalue weighted by atomic mass is 9.70. The van der Waals surface area contributed by atoms with Gasteiger partial charge in [-0.15, -0.1) is 46.2 Å². The Bertz CT molecular complexity index is 3500. The number of aryl methyl sites for hydroxylation is 2. The number of fused-ring (bicyclic) bond motifs is 12. The first-order valence-corrected chi connectivity index (χ1v) is 28.7. The van der Waals surface area contributed by atoms with Crippen molar-refractivity contribution in [2.24, 2.45) is 9.98 Å². The van der Waals surface area contributed by atoms with Gasteiger partial charge in [-0.05, 0) is 182 Å². The van der Waals surface area contributed by atoms with Gasteiger partial charge in [0.05, 0.1) is 32.3 Å². The predicted molar refractivity (Wildman–Crippen MR) is 313 cm³/mol. The molecule has 7 heterocycles. The fourth-order valence-corrected chi connectivity index (χ4v) is 18.3. The molecular formula is C66H52N2S4. The quantitative estimate of drug-likeness (QED) is 0.176. The highest BCUT2D eigenvalue weighted by Gasteiger charge is 2.61. The Kier molecular flexibility index (Phi) is 10.6. The Morgan fingerprint density at radius 2 is 0.764 bits per heavy atom. The van der Waals surface area contributed by atoms with Crippen LogP contribution in [0.15, 0.2) is 223 Å². The van der Waals surface area contributed by atoms with Crippen molar-refractivity contribution in [3.05, 3.63) is 266 Å². The summed E-state index contributed by atoms with van der Waals surface area (Å²) in [7, 11) is 0. The van der Waals surface area contributed by atoms with Gasteiger partial charge in [0.25, 0.3) is 0 Å². The standard InChI is InChI=1S/C66H52N2S4/c1-39-49-35-57(69-39)61(41-19-9-5-10-20-41)53-31-33-55(67-53)63(43-23-13-7-14-24-43)59-37-51-47-29-18-30-48(47)52-38-60(72-66(52,4)65(51,3)71-59)64(44-25-15-8-16-26-44)56-34-32-54(68-56)62(42-21-11-6-12-22-42)58-36-50(40(2)70-58)46-28-17-27-45(46)49/h5-16,19-26,31-38H,17-18,27-30H2,1-4H3. The Morgan fingerprint density at radius 3 is 1.14 bits per heavy atom. The lowest BCUT2D eigenvalue weighted by Crippen LogP contribution is -2.48. The molecule has 6 heteroatoms. The summed E-state index contributed by atoms with van der Waals surface area (Å²) >= 11 is 7.96. The molecule has 2 atom stereocenters. The Hall–Kier alpha value is -6.28. The van der Waals surface area contributed by atoms with Gasteiger partial charge in [0.2, 0.25) is 0 Å². The third kappa shape index (κ3) is 6.89. The van der Waals surface area contributed by atoms with E-state index in [0.717, 1.165) is 54.9 Å². The largest absolute Gasteiger partial charge is 0.248 e. The maximum absolute atomic E-state index is 5.74. The molecular weight excluding hydrogens is 949 g/mol. The number of aliphatic imine (C=N–C) groups is 2. The summed E-state index contributed by atoms with van der Waals surface area (Å²) in [5.74, 6) is 0. The Morgan fingerprint density at radius 1 is 0.417 bits per heavy atom. The normalized spacial score (nSPS) is 23.1. The van der Waals surface area contributed by atoms with Crippen LogP contribution in [0.2, 0.25) is 0 Å². The van der Waals surface area contributed by atoms with Crippen LogP contribution < -0.4 is 0 Å². The van der Waals surface area contributed by atoms with E-state index in [1.807, 2.05) is 22.7 Å². The number of nitrogens with zero attached hydrogens (tertiary/aromatic N) is 2. The highest BCUT2D eigenvalue weighted by Crippen LogP contribution is 2.71. The predicted octanol–water partition coefficient (Wildman–Crippen LogP) is 18.3.